The van der Waals surface area contributed by atoms with Crippen LogP contribution in [0.2, 0.25) is 0 Å². The van der Waals surface area contributed by atoms with Gasteiger partial charge in [-0.1, -0.05) is 0 Å². The Morgan fingerprint density at radius 1 is 1.11 bits per heavy atom. The van der Waals surface area contributed by atoms with Gasteiger partial charge in [0.1, 0.15) is 0 Å². The van der Waals surface area contributed by atoms with E-state index in [1.807, 2.05) is 0 Å². The molecular weight excluding hydrogens is 324 g/mol. The van der Waals surface area contributed by atoms with Gasteiger partial charge in [-0.2, -0.15) is 0 Å². The molecule has 0 radical (unpaired) electrons. The molecule has 0 aromatic rings. The van der Waals surface area contributed by atoms with Crippen molar-refractivity contribution in [3.05, 3.63) is 0 Å². The van der Waals surface area contributed by atoms with E-state index in [1.54, 1.807) is 0 Å². The third-order valence-electron chi connectivity index (χ3n) is 0. The van der Waals surface area contributed by atoms with Gasteiger partial charge in [0.05, 0.1) is 0 Å². The second-order valence-corrected chi connectivity index (χ2v) is 4.51. The van der Waals surface area contributed by atoms with E-state index in [-0.39, 0.29) is 0 Å². The van der Waals surface area contributed by atoms with Crippen LogP contribution in [0.15, 0.2) is 0 Å². The van der Waals surface area contributed by atoms with E-state index in [2.05, 4.69) is 0 Å². The zero-order valence-electron chi connectivity index (χ0n) is 3.92. The van der Waals surface area contributed by atoms with Gasteiger partial charge in [-0.3, -0.25) is 4.46 Å². The SMILES string of the molecule is O=[Si](O)O.[O]=[W](=[O])([OH])[OH]. The third kappa shape index (κ3) is 8690. The average Bonchev–Trinajstić information content (AvgIpc) is 1.19. The summed E-state index contributed by atoms with van der Waals surface area (Å²) in [5.74, 6) is 0. The van der Waals surface area contributed by atoms with Crippen molar-refractivity contribution in [3.8, 4) is 0 Å². The van der Waals surface area contributed by atoms with Crippen LogP contribution in [-0.4, -0.2) is 26.3 Å². The van der Waals surface area contributed by atoms with Crippen molar-refractivity contribution in [2.75, 3.05) is 0 Å². The van der Waals surface area contributed by atoms with Crippen LogP contribution in [-0.2, 0) is 28.0 Å². The molecule has 9 heavy (non-hydrogen) atoms. The van der Waals surface area contributed by atoms with Crippen LogP contribution in [0.5, 0.6) is 0 Å². The molecule has 0 aliphatic heterocycles. The molecule has 0 fully saturated rings. The molecule has 0 atom stereocenters. The fourth-order valence-electron chi connectivity index (χ4n) is 0. The van der Waals surface area contributed by atoms with Gasteiger partial charge in [0.25, 0.3) is 0 Å². The Morgan fingerprint density at radius 3 is 1.11 bits per heavy atom. The summed E-state index contributed by atoms with van der Waals surface area (Å²) in [5.41, 5.74) is 0. The van der Waals surface area contributed by atoms with E-state index in [0.29, 0.717) is 0 Å². The van der Waals surface area contributed by atoms with Gasteiger partial charge in [-0.15, -0.1) is 0 Å². The van der Waals surface area contributed by atoms with Crippen LogP contribution in [0.3, 0.4) is 0 Å². The van der Waals surface area contributed by atoms with Crippen molar-refractivity contribution >= 4 is 9.17 Å². The summed E-state index contributed by atoms with van der Waals surface area (Å²) in [6, 6.07) is 0. The molecule has 0 aliphatic rings. The Labute approximate surface area is 54.8 Å². The predicted molar refractivity (Wildman–Crippen MR) is 16.7 cm³/mol. The quantitative estimate of drug-likeness (QED) is 0.349. The standard InChI is InChI=1S/H2O3Si.2H2O.2O.W/c1-4(2)3;;;;;/h1-2H;2*1H2;;;/q;;;;;+2/p-2. The summed E-state index contributed by atoms with van der Waals surface area (Å²) in [5, 5.41) is 0. The molecule has 56 valence electrons. The maximum absolute atomic E-state index is 8.87. The van der Waals surface area contributed by atoms with E-state index >= 15 is 0 Å². The average molecular weight is 328 g/mol. The summed E-state index contributed by atoms with van der Waals surface area (Å²) in [6.07, 6.45) is 0. The summed E-state index contributed by atoms with van der Waals surface area (Å²) in [4.78, 5) is 14.3. The first kappa shape index (κ1) is 11.6. The molecule has 0 aliphatic carbocycles. The molecule has 0 heterocycles. The molecule has 0 unspecified atom stereocenters. The molecular formula is H4O7SiW. The Morgan fingerprint density at radius 2 is 1.11 bits per heavy atom. The molecule has 0 rings (SSSR count). The van der Waals surface area contributed by atoms with Crippen LogP contribution in [0.25, 0.3) is 0 Å². The molecule has 0 saturated carbocycles. The van der Waals surface area contributed by atoms with Crippen LogP contribution in [0, 0.1) is 0 Å². The zero-order chi connectivity index (χ0) is 8.08. The van der Waals surface area contributed by atoms with E-state index in [0.717, 1.165) is 0 Å². The van der Waals surface area contributed by atoms with E-state index in [4.69, 9.17) is 28.4 Å². The minimum atomic E-state index is -5.67. The molecule has 0 bridgehead atoms. The van der Waals surface area contributed by atoms with Crippen molar-refractivity contribution < 1.29 is 45.1 Å². The van der Waals surface area contributed by atoms with E-state index < -0.39 is 25.9 Å². The second-order valence-electron chi connectivity index (χ2n) is 0.730. The van der Waals surface area contributed by atoms with E-state index in [9.17, 15) is 0 Å². The monoisotopic (exact) mass is 328 g/mol. The van der Waals surface area contributed by atoms with Crippen molar-refractivity contribution in [2.24, 2.45) is 0 Å². The fraction of sp³-hybridized carbons (Fsp3) is 0. The van der Waals surface area contributed by atoms with Gasteiger partial charge >= 0.3 is 40.2 Å². The van der Waals surface area contributed by atoms with Gasteiger partial charge < -0.3 is 9.59 Å². The Balaban J connectivity index is 0. The second kappa shape index (κ2) is 4.68. The topological polar surface area (TPSA) is 132 Å². The van der Waals surface area contributed by atoms with Crippen molar-refractivity contribution in [2.45, 2.75) is 0 Å². The predicted octanol–water partition coefficient (Wildman–Crippen LogP) is -2.97. The van der Waals surface area contributed by atoms with Crippen molar-refractivity contribution in [3.63, 3.8) is 0 Å². The maximum atomic E-state index is 8.87. The summed E-state index contributed by atoms with van der Waals surface area (Å²) >= 11 is -5.67. The molecule has 0 saturated heterocycles. The zero-order valence-corrected chi connectivity index (χ0v) is 7.86. The summed E-state index contributed by atoms with van der Waals surface area (Å²) in [6.45, 7) is 0. The molecule has 0 spiro atoms. The molecule has 4 N–H and O–H groups in total. The van der Waals surface area contributed by atoms with E-state index in [1.165, 1.54) is 0 Å². The van der Waals surface area contributed by atoms with Gasteiger partial charge in [-0.05, 0) is 0 Å². The first-order valence-corrected chi connectivity index (χ1v) is 7.67. The first-order valence-electron chi connectivity index (χ1n) is 1.35. The van der Waals surface area contributed by atoms with Gasteiger partial charge in [0.2, 0.25) is 0 Å². The van der Waals surface area contributed by atoms with Crippen LogP contribution >= 0.6 is 0 Å². The molecule has 0 aromatic heterocycles. The number of hydrogen-bond acceptors (Lipinski definition) is 3. The molecule has 0 amide bonds. The Hall–Kier alpha value is -0.175. The van der Waals surface area contributed by atoms with Crippen molar-refractivity contribution in [1.82, 2.24) is 0 Å². The van der Waals surface area contributed by atoms with Crippen LogP contribution in [0.4, 0.5) is 0 Å². The Bertz CT molecular complexity index is 151. The molecule has 9 heteroatoms. The summed E-state index contributed by atoms with van der Waals surface area (Å²) in [7, 11) is -3.13. The molecule has 0 aromatic carbocycles. The summed E-state index contributed by atoms with van der Waals surface area (Å²) < 4.78 is 40.8. The van der Waals surface area contributed by atoms with Crippen molar-refractivity contribution in [1.29, 1.82) is 0 Å². The third-order valence-corrected chi connectivity index (χ3v) is 0. The normalized spacial score (nSPS) is 9.11. The van der Waals surface area contributed by atoms with Gasteiger partial charge in [0.15, 0.2) is 0 Å². The minimum absolute atomic E-state index is 3.13. The first-order chi connectivity index (χ1) is 3.73. The van der Waals surface area contributed by atoms with Gasteiger partial charge in [0, 0.05) is 0 Å². The number of rotatable bonds is 0. The van der Waals surface area contributed by atoms with Crippen LogP contribution in [0.1, 0.15) is 0 Å². The van der Waals surface area contributed by atoms with Crippen LogP contribution < -0.4 is 0 Å². The fourth-order valence-corrected chi connectivity index (χ4v) is 0. The number of hydrogen-bond donors (Lipinski definition) is 4. The van der Waals surface area contributed by atoms with Gasteiger partial charge in [-0.25, -0.2) is 0 Å². The molecule has 7 nitrogen and oxygen atoms in total. The Kier molecular flexibility index (Phi) is 6.03.